The van der Waals surface area contributed by atoms with Crippen molar-refractivity contribution in [1.29, 1.82) is 0 Å². The van der Waals surface area contributed by atoms with Crippen LogP contribution in [0.2, 0.25) is 0 Å². The summed E-state index contributed by atoms with van der Waals surface area (Å²) in [5.74, 6) is 0.362. The molecule has 0 aliphatic heterocycles. The summed E-state index contributed by atoms with van der Waals surface area (Å²) < 4.78 is 26.2. The highest BCUT2D eigenvalue weighted by atomic mass is 32.2. The van der Waals surface area contributed by atoms with Gasteiger partial charge in [-0.15, -0.1) is 0 Å². The lowest BCUT2D eigenvalue weighted by molar-refractivity contribution is 0.568. The number of rotatable bonds is 6. The predicted octanol–water partition coefficient (Wildman–Crippen LogP) is 3.04. The highest BCUT2D eigenvalue weighted by Crippen LogP contribution is 2.13. The van der Waals surface area contributed by atoms with Crippen LogP contribution in [-0.2, 0) is 16.4 Å². The molecule has 0 saturated heterocycles. The summed E-state index contributed by atoms with van der Waals surface area (Å²) in [5, 5.41) is 0. The Morgan fingerprint density at radius 3 is 2.24 bits per heavy atom. The Kier molecular flexibility index (Phi) is 5.00. The molecular weight excluding hydrogens is 234 g/mol. The molecule has 0 radical (unpaired) electrons. The molecule has 0 saturated carbocycles. The predicted molar refractivity (Wildman–Crippen MR) is 72.7 cm³/mol. The van der Waals surface area contributed by atoms with Gasteiger partial charge in [0, 0.05) is 5.69 Å². The number of aryl methyl sites for hydroxylation is 1. The van der Waals surface area contributed by atoms with Gasteiger partial charge in [-0.1, -0.05) is 39.3 Å². The van der Waals surface area contributed by atoms with E-state index in [0.29, 0.717) is 5.69 Å². The van der Waals surface area contributed by atoms with Crippen molar-refractivity contribution in [2.24, 2.45) is 5.92 Å². The van der Waals surface area contributed by atoms with Crippen LogP contribution in [0.25, 0.3) is 0 Å². The first-order chi connectivity index (χ1) is 7.96. The van der Waals surface area contributed by atoms with Crippen molar-refractivity contribution < 1.29 is 8.42 Å². The van der Waals surface area contributed by atoms with Gasteiger partial charge in [0.2, 0.25) is 10.0 Å². The van der Waals surface area contributed by atoms with Gasteiger partial charge in [0.05, 0.1) is 5.75 Å². The van der Waals surface area contributed by atoms with Crippen LogP contribution in [0.3, 0.4) is 0 Å². The van der Waals surface area contributed by atoms with E-state index in [0.717, 1.165) is 12.8 Å². The molecule has 0 aromatic heterocycles. The third-order valence-electron chi connectivity index (χ3n) is 2.84. The van der Waals surface area contributed by atoms with E-state index in [4.69, 9.17) is 0 Å². The van der Waals surface area contributed by atoms with Gasteiger partial charge in [-0.3, -0.25) is 4.72 Å². The van der Waals surface area contributed by atoms with Crippen molar-refractivity contribution in [2.45, 2.75) is 33.6 Å². The largest absolute Gasteiger partial charge is 0.284 e. The van der Waals surface area contributed by atoms with Crippen molar-refractivity contribution in [3.63, 3.8) is 0 Å². The first kappa shape index (κ1) is 14.0. The van der Waals surface area contributed by atoms with E-state index in [9.17, 15) is 8.42 Å². The molecular formula is C13H21NO2S. The highest BCUT2D eigenvalue weighted by molar-refractivity contribution is 7.92. The number of hydrogen-bond donors (Lipinski definition) is 1. The Morgan fingerprint density at radius 1 is 1.18 bits per heavy atom. The zero-order chi connectivity index (χ0) is 12.9. The SMILES string of the molecule is CCc1ccc(NS(=O)(=O)C[C@H](C)CC)cc1. The Bertz CT molecular complexity index is 437. The normalized spacial score (nSPS) is 13.4. The maximum Gasteiger partial charge on any atom is 0.232 e. The Hall–Kier alpha value is -1.03. The van der Waals surface area contributed by atoms with E-state index in [1.807, 2.05) is 38.1 Å². The molecule has 0 aliphatic carbocycles. The number of anilines is 1. The lowest BCUT2D eigenvalue weighted by Gasteiger charge is -2.11. The fraction of sp³-hybridized carbons (Fsp3) is 0.538. The Morgan fingerprint density at radius 2 is 1.76 bits per heavy atom. The molecule has 1 rings (SSSR count). The molecule has 0 aliphatic rings. The van der Waals surface area contributed by atoms with Gasteiger partial charge in [0.15, 0.2) is 0 Å². The summed E-state index contributed by atoms with van der Waals surface area (Å²) in [5.41, 5.74) is 1.85. The van der Waals surface area contributed by atoms with Crippen molar-refractivity contribution in [1.82, 2.24) is 0 Å². The Balaban J connectivity index is 2.69. The summed E-state index contributed by atoms with van der Waals surface area (Å²) >= 11 is 0. The molecule has 0 amide bonds. The standard InChI is InChI=1S/C13H21NO2S/c1-4-11(3)10-17(15,16)14-13-8-6-12(5-2)7-9-13/h6-9,11,14H,4-5,10H2,1-3H3/t11-/m1/s1. The molecule has 4 heteroatoms. The van der Waals surface area contributed by atoms with Crippen molar-refractivity contribution in [2.75, 3.05) is 10.5 Å². The van der Waals surface area contributed by atoms with Crippen LogP contribution in [0.1, 0.15) is 32.8 Å². The van der Waals surface area contributed by atoms with Crippen LogP contribution in [0.5, 0.6) is 0 Å². The van der Waals surface area contributed by atoms with E-state index in [-0.39, 0.29) is 11.7 Å². The van der Waals surface area contributed by atoms with Crippen LogP contribution >= 0.6 is 0 Å². The molecule has 0 fully saturated rings. The minimum Gasteiger partial charge on any atom is -0.284 e. The molecule has 0 unspecified atom stereocenters. The maximum atomic E-state index is 11.8. The highest BCUT2D eigenvalue weighted by Gasteiger charge is 2.14. The average Bonchev–Trinajstić information content (AvgIpc) is 2.28. The van der Waals surface area contributed by atoms with Gasteiger partial charge in [0.1, 0.15) is 0 Å². The second-order valence-electron chi connectivity index (χ2n) is 4.45. The molecule has 0 spiro atoms. The summed E-state index contributed by atoms with van der Waals surface area (Å²) in [7, 11) is -3.22. The van der Waals surface area contributed by atoms with Gasteiger partial charge < -0.3 is 0 Å². The minimum atomic E-state index is -3.22. The summed E-state index contributed by atoms with van der Waals surface area (Å²) in [4.78, 5) is 0. The minimum absolute atomic E-state index is 0.180. The van der Waals surface area contributed by atoms with E-state index in [1.165, 1.54) is 5.56 Å². The van der Waals surface area contributed by atoms with E-state index < -0.39 is 10.0 Å². The lowest BCUT2D eigenvalue weighted by atomic mass is 10.2. The van der Waals surface area contributed by atoms with Crippen molar-refractivity contribution in [3.8, 4) is 0 Å². The van der Waals surface area contributed by atoms with Gasteiger partial charge in [-0.25, -0.2) is 8.42 Å². The summed E-state index contributed by atoms with van der Waals surface area (Å²) in [6, 6.07) is 7.52. The van der Waals surface area contributed by atoms with Gasteiger partial charge >= 0.3 is 0 Å². The second kappa shape index (κ2) is 6.05. The molecule has 3 nitrogen and oxygen atoms in total. The summed E-state index contributed by atoms with van der Waals surface area (Å²) in [6.45, 7) is 6.01. The summed E-state index contributed by atoms with van der Waals surface area (Å²) in [6.07, 6.45) is 1.83. The van der Waals surface area contributed by atoms with Crippen LogP contribution in [0, 0.1) is 5.92 Å². The van der Waals surface area contributed by atoms with Crippen LogP contribution in [-0.4, -0.2) is 14.2 Å². The number of sulfonamides is 1. The number of nitrogens with one attached hydrogen (secondary N) is 1. The zero-order valence-electron chi connectivity index (χ0n) is 10.7. The first-order valence-corrected chi connectivity index (χ1v) is 7.71. The molecule has 1 atom stereocenters. The molecule has 0 bridgehead atoms. The van der Waals surface area contributed by atoms with Crippen molar-refractivity contribution >= 4 is 15.7 Å². The number of hydrogen-bond acceptors (Lipinski definition) is 2. The molecule has 1 aromatic rings. The first-order valence-electron chi connectivity index (χ1n) is 6.06. The topological polar surface area (TPSA) is 46.2 Å². The fourth-order valence-electron chi connectivity index (χ4n) is 1.52. The molecule has 1 aromatic carbocycles. The molecule has 17 heavy (non-hydrogen) atoms. The van der Waals surface area contributed by atoms with Gasteiger partial charge in [-0.05, 0) is 30.0 Å². The van der Waals surface area contributed by atoms with E-state index >= 15 is 0 Å². The lowest BCUT2D eigenvalue weighted by Crippen LogP contribution is -2.21. The zero-order valence-corrected chi connectivity index (χ0v) is 11.5. The second-order valence-corrected chi connectivity index (χ2v) is 6.21. The van der Waals surface area contributed by atoms with E-state index in [1.54, 1.807) is 0 Å². The monoisotopic (exact) mass is 255 g/mol. The fourth-order valence-corrected chi connectivity index (χ4v) is 3.09. The van der Waals surface area contributed by atoms with Crippen molar-refractivity contribution in [3.05, 3.63) is 29.8 Å². The quantitative estimate of drug-likeness (QED) is 0.849. The van der Waals surface area contributed by atoms with Gasteiger partial charge in [0.25, 0.3) is 0 Å². The average molecular weight is 255 g/mol. The third-order valence-corrected chi connectivity index (χ3v) is 4.39. The molecule has 1 N–H and O–H groups in total. The van der Waals surface area contributed by atoms with Gasteiger partial charge in [-0.2, -0.15) is 0 Å². The van der Waals surface area contributed by atoms with Crippen LogP contribution < -0.4 is 4.72 Å². The van der Waals surface area contributed by atoms with Crippen LogP contribution in [0.15, 0.2) is 24.3 Å². The maximum absolute atomic E-state index is 11.8. The molecule has 0 heterocycles. The number of benzene rings is 1. The molecule has 96 valence electrons. The van der Waals surface area contributed by atoms with E-state index in [2.05, 4.69) is 11.6 Å². The smallest absolute Gasteiger partial charge is 0.232 e. The third kappa shape index (κ3) is 4.77. The van der Waals surface area contributed by atoms with Crippen LogP contribution in [0.4, 0.5) is 5.69 Å². The Labute approximate surface area is 104 Å².